The highest BCUT2D eigenvalue weighted by atomic mass is 16.3. The molecule has 1 saturated carbocycles. The Morgan fingerprint density at radius 2 is 1.64 bits per heavy atom. The summed E-state index contributed by atoms with van der Waals surface area (Å²) < 4.78 is 0. The van der Waals surface area contributed by atoms with Gasteiger partial charge in [0, 0.05) is 0 Å². The molecule has 0 heterocycles. The van der Waals surface area contributed by atoms with E-state index < -0.39 is 0 Å². The Bertz CT molecular complexity index is 109. The fourth-order valence-electron chi connectivity index (χ4n) is 1.84. The zero-order valence-electron chi connectivity index (χ0n) is 6.74. The van der Waals surface area contributed by atoms with Crippen molar-refractivity contribution in [2.75, 3.05) is 6.54 Å². The SMILES string of the molecule is NCCC1CC(O)CC(O)C1. The summed E-state index contributed by atoms with van der Waals surface area (Å²) in [6, 6.07) is 0. The minimum Gasteiger partial charge on any atom is -0.393 e. The summed E-state index contributed by atoms with van der Waals surface area (Å²) in [6.45, 7) is 0.657. The molecule has 0 bridgehead atoms. The predicted octanol–water partition coefficient (Wildman–Crippen LogP) is -0.143. The first-order valence-electron chi connectivity index (χ1n) is 4.28. The van der Waals surface area contributed by atoms with Crippen LogP contribution in [0.3, 0.4) is 0 Å². The number of hydrogen-bond donors (Lipinski definition) is 3. The maximum Gasteiger partial charge on any atom is 0.0567 e. The van der Waals surface area contributed by atoms with E-state index in [1.807, 2.05) is 0 Å². The Morgan fingerprint density at radius 1 is 1.09 bits per heavy atom. The molecule has 66 valence electrons. The number of aliphatic hydroxyl groups is 2. The van der Waals surface area contributed by atoms with Crippen molar-refractivity contribution < 1.29 is 10.2 Å². The molecule has 0 saturated heterocycles. The Morgan fingerprint density at radius 3 is 2.09 bits per heavy atom. The molecule has 2 unspecified atom stereocenters. The fourth-order valence-corrected chi connectivity index (χ4v) is 1.84. The van der Waals surface area contributed by atoms with E-state index >= 15 is 0 Å². The molecule has 0 aromatic carbocycles. The summed E-state index contributed by atoms with van der Waals surface area (Å²) in [4.78, 5) is 0. The van der Waals surface area contributed by atoms with Gasteiger partial charge in [-0.3, -0.25) is 0 Å². The van der Waals surface area contributed by atoms with Gasteiger partial charge in [0.2, 0.25) is 0 Å². The van der Waals surface area contributed by atoms with E-state index in [-0.39, 0.29) is 12.2 Å². The van der Waals surface area contributed by atoms with Gasteiger partial charge in [-0.25, -0.2) is 0 Å². The van der Waals surface area contributed by atoms with Crippen LogP contribution < -0.4 is 5.73 Å². The molecule has 4 N–H and O–H groups in total. The van der Waals surface area contributed by atoms with Crippen LogP contribution in [0.4, 0.5) is 0 Å². The van der Waals surface area contributed by atoms with Crippen LogP contribution >= 0.6 is 0 Å². The van der Waals surface area contributed by atoms with Crippen molar-refractivity contribution >= 4 is 0 Å². The van der Waals surface area contributed by atoms with E-state index in [1.165, 1.54) is 0 Å². The quantitative estimate of drug-likeness (QED) is 0.525. The highest BCUT2D eigenvalue weighted by Gasteiger charge is 2.25. The Balaban J connectivity index is 2.30. The van der Waals surface area contributed by atoms with Crippen molar-refractivity contribution in [1.29, 1.82) is 0 Å². The molecule has 1 rings (SSSR count). The van der Waals surface area contributed by atoms with E-state index in [4.69, 9.17) is 5.73 Å². The van der Waals surface area contributed by atoms with E-state index in [0.717, 1.165) is 19.3 Å². The van der Waals surface area contributed by atoms with Gasteiger partial charge in [0.25, 0.3) is 0 Å². The van der Waals surface area contributed by atoms with Gasteiger partial charge >= 0.3 is 0 Å². The lowest BCUT2D eigenvalue weighted by Gasteiger charge is -2.29. The van der Waals surface area contributed by atoms with Gasteiger partial charge in [0.05, 0.1) is 12.2 Å². The highest BCUT2D eigenvalue weighted by Crippen LogP contribution is 2.26. The van der Waals surface area contributed by atoms with Crippen LogP contribution in [0.15, 0.2) is 0 Å². The molecule has 0 radical (unpaired) electrons. The van der Waals surface area contributed by atoms with Gasteiger partial charge in [-0.1, -0.05) is 0 Å². The summed E-state index contributed by atoms with van der Waals surface area (Å²) in [7, 11) is 0. The summed E-state index contributed by atoms with van der Waals surface area (Å²) in [6.07, 6.45) is 2.48. The third-order valence-corrected chi connectivity index (χ3v) is 2.33. The molecule has 3 nitrogen and oxygen atoms in total. The summed E-state index contributed by atoms with van der Waals surface area (Å²) in [5.41, 5.74) is 5.39. The first kappa shape index (κ1) is 8.97. The molecule has 11 heavy (non-hydrogen) atoms. The molecule has 1 aliphatic rings. The first-order chi connectivity index (χ1) is 5.22. The lowest BCUT2D eigenvalue weighted by atomic mass is 9.83. The topological polar surface area (TPSA) is 66.5 Å². The third kappa shape index (κ3) is 2.77. The molecule has 3 heteroatoms. The highest BCUT2D eigenvalue weighted by molar-refractivity contribution is 4.77. The fraction of sp³-hybridized carbons (Fsp3) is 1.00. The zero-order valence-corrected chi connectivity index (χ0v) is 6.74. The zero-order chi connectivity index (χ0) is 8.27. The number of nitrogens with two attached hydrogens (primary N) is 1. The van der Waals surface area contributed by atoms with E-state index in [0.29, 0.717) is 18.9 Å². The van der Waals surface area contributed by atoms with Crippen LogP contribution in [0.5, 0.6) is 0 Å². The van der Waals surface area contributed by atoms with Crippen molar-refractivity contribution in [3.63, 3.8) is 0 Å². The number of aliphatic hydroxyl groups excluding tert-OH is 2. The summed E-state index contributed by atoms with van der Waals surface area (Å²) in [5, 5.41) is 18.6. The van der Waals surface area contributed by atoms with Crippen molar-refractivity contribution in [3.8, 4) is 0 Å². The molecule has 1 fully saturated rings. The van der Waals surface area contributed by atoms with Gasteiger partial charge < -0.3 is 15.9 Å². The average molecular weight is 159 g/mol. The van der Waals surface area contributed by atoms with Crippen LogP contribution in [0.25, 0.3) is 0 Å². The summed E-state index contributed by atoms with van der Waals surface area (Å²) >= 11 is 0. The molecule has 0 aromatic rings. The summed E-state index contributed by atoms with van der Waals surface area (Å²) in [5.74, 6) is 0.429. The maximum atomic E-state index is 9.28. The average Bonchev–Trinajstić information content (AvgIpc) is 1.85. The molecule has 0 amide bonds. The molecular weight excluding hydrogens is 142 g/mol. The van der Waals surface area contributed by atoms with Gasteiger partial charge in [-0.15, -0.1) is 0 Å². The smallest absolute Gasteiger partial charge is 0.0567 e. The largest absolute Gasteiger partial charge is 0.393 e. The Labute approximate surface area is 67.2 Å². The second kappa shape index (κ2) is 4.04. The second-order valence-corrected chi connectivity index (χ2v) is 3.46. The van der Waals surface area contributed by atoms with E-state index in [1.54, 1.807) is 0 Å². The normalized spacial score (nSPS) is 39.0. The van der Waals surface area contributed by atoms with Crippen molar-refractivity contribution in [3.05, 3.63) is 0 Å². The van der Waals surface area contributed by atoms with Gasteiger partial charge in [-0.05, 0) is 38.1 Å². The Kier molecular flexibility index (Phi) is 3.30. The first-order valence-corrected chi connectivity index (χ1v) is 4.28. The van der Waals surface area contributed by atoms with Crippen LogP contribution in [0.2, 0.25) is 0 Å². The van der Waals surface area contributed by atoms with Crippen LogP contribution in [0.1, 0.15) is 25.7 Å². The minimum atomic E-state index is -0.310. The maximum absolute atomic E-state index is 9.28. The standard InChI is InChI=1S/C8H17NO2/c9-2-1-6-3-7(10)5-8(11)4-6/h6-8,10-11H,1-5,9H2. The Hall–Kier alpha value is -0.120. The van der Waals surface area contributed by atoms with Crippen molar-refractivity contribution in [2.45, 2.75) is 37.9 Å². The third-order valence-electron chi connectivity index (χ3n) is 2.33. The van der Waals surface area contributed by atoms with E-state index in [9.17, 15) is 10.2 Å². The van der Waals surface area contributed by atoms with E-state index in [2.05, 4.69) is 0 Å². The van der Waals surface area contributed by atoms with Crippen LogP contribution in [0, 0.1) is 5.92 Å². The number of rotatable bonds is 2. The molecule has 1 aliphatic carbocycles. The van der Waals surface area contributed by atoms with Crippen LogP contribution in [-0.4, -0.2) is 29.0 Å². The molecule has 0 aromatic heterocycles. The lowest BCUT2D eigenvalue weighted by molar-refractivity contribution is 0.0130. The molecular formula is C8H17NO2. The molecule has 2 atom stereocenters. The van der Waals surface area contributed by atoms with Gasteiger partial charge in [0.1, 0.15) is 0 Å². The van der Waals surface area contributed by atoms with Crippen molar-refractivity contribution in [1.82, 2.24) is 0 Å². The van der Waals surface area contributed by atoms with Gasteiger partial charge in [-0.2, -0.15) is 0 Å². The van der Waals surface area contributed by atoms with Crippen LogP contribution in [-0.2, 0) is 0 Å². The second-order valence-electron chi connectivity index (χ2n) is 3.46. The predicted molar refractivity (Wildman–Crippen MR) is 43.0 cm³/mol. The monoisotopic (exact) mass is 159 g/mol. The lowest BCUT2D eigenvalue weighted by Crippen LogP contribution is -2.30. The van der Waals surface area contributed by atoms with Crippen molar-refractivity contribution in [2.24, 2.45) is 11.7 Å². The van der Waals surface area contributed by atoms with Gasteiger partial charge in [0.15, 0.2) is 0 Å². The molecule has 0 spiro atoms. The molecule has 0 aliphatic heterocycles. The number of hydrogen-bond acceptors (Lipinski definition) is 3. The minimum absolute atomic E-state index is 0.310.